The number of carbonyl (C=O) groups excluding carboxylic acids is 1. The molecule has 0 aliphatic carbocycles. The highest BCUT2D eigenvalue weighted by Gasteiger charge is 2.24. The van der Waals surface area contributed by atoms with Crippen molar-refractivity contribution in [2.45, 2.75) is 33.2 Å². The maximum atomic E-state index is 13.9. The lowest BCUT2D eigenvalue weighted by molar-refractivity contribution is 0.0743. The number of ether oxygens (including phenoxy) is 1. The van der Waals surface area contributed by atoms with Crippen LogP contribution in [0.4, 0.5) is 0 Å². The van der Waals surface area contributed by atoms with Gasteiger partial charge in [-0.1, -0.05) is 73.4 Å². The van der Waals surface area contributed by atoms with Crippen molar-refractivity contribution in [3.05, 3.63) is 75.1 Å². The van der Waals surface area contributed by atoms with Gasteiger partial charge in [0.05, 0.1) is 16.8 Å². The first-order valence-corrected chi connectivity index (χ1v) is 14.0. The molecule has 0 saturated heterocycles. The van der Waals surface area contributed by atoms with Crippen LogP contribution in [0.5, 0.6) is 5.75 Å². The molecule has 4 aromatic rings. The summed E-state index contributed by atoms with van der Waals surface area (Å²) in [5.74, 6) is 0.512. The summed E-state index contributed by atoms with van der Waals surface area (Å²) < 4.78 is 6.13. The molecule has 0 saturated carbocycles. The van der Waals surface area contributed by atoms with Crippen molar-refractivity contribution in [1.82, 2.24) is 9.80 Å². The Balaban J connectivity index is 1.61. The number of hydrogen-bond acceptors (Lipinski definition) is 4. The second-order valence-corrected chi connectivity index (χ2v) is 10.6. The molecule has 0 aliphatic heterocycles. The molecular weight excluding hydrogens is 511 g/mol. The lowest BCUT2D eigenvalue weighted by Gasteiger charge is -2.24. The van der Waals surface area contributed by atoms with Crippen LogP contribution in [0.2, 0.25) is 10.0 Å². The predicted octanol–water partition coefficient (Wildman–Crippen LogP) is 8.13. The highest BCUT2D eigenvalue weighted by atomic mass is 35.5. The van der Waals surface area contributed by atoms with Gasteiger partial charge in [0.25, 0.3) is 5.91 Å². The lowest BCUT2D eigenvalue weighted by Crippen LogP contribution is -2.32. The van der Waals surface area contributed by atoms with Crippen molar-refractivity contribution in [1.29, 1.82) is 0 Å². The second kappa shape index (κ2) is 12.3. The third kappa shape index (κ3) is 5.81. The van der Waals surface area contributed by atoms with Gasteiger partial charge < -0.3 is 14.5 Å². The van der Waals surface area contributed by atoms with Crippen molar-refractivity contribution < 1.29 is 9.53 Å². The molecule has 1 amide bonds. The van der Waals surface area contributed by atoms with Gasteiger partial charge in [0.1, 0.15) is 15.6 Å². The van der Waals surface area contributed by atoms with Gasteiger partial charge in [0.2, 0.25) is 0 Å². The van der Waals surface area contributed by atoms with Gasteiger partial charge in [-0.2, -0.15) is 0 Å². The van der Waals surface area contributed by atoms with Crippen LogP contribution in [0, 0.1) is 0 Å². The van der Waals surface area contributed by atoms with Gasteiger partial charge in [0.15, 0.2) is 0 Å². The summed E-state index contributed by atoms with van der Waals surface area (Å²) in [6.07, 6.45) is 1.96. The Morgan fingerprint density at radius 1 is 0.917 bits per heavy atom. The monoisotopic (exact) mass is 542 g/mol. The zero-order chi connectivity index (χ0) is 25.7. The number of thiophene rings is 1. The Bertz CT molecular complexity index is 1350. The zero-order valence-electron chi connectivity index (χ0n) is 21.0. The topological polar surface area (TPSA) is 32.8 Å². The first-order valence-electron chi connectivity index (χ1n) is 12.4. The zero-order valence-corrected chi connectivity index (χ0v) is 23.3. The number of halogens is 2. The molecule has 0 aliphatic rings. The molecule has 1 heterocycles. The fourth-order valence-corrected chi connectivity index (χ4v) is 6.36. The van der Waals surface area contributed by atoms with Crippen LogP contribution in [-0.4, -0.2) is 49.0 Å². The van der Waals surface area contributed by atoms with E-state index in [-0.39, 0.29) is 5.91 Å². The van der Waals surface area contributed by atoms with Crippen LogP contribution in [0.15, 0.2) is 54.6 Å². The largest absolute Gasteiger partial charge is 0.495 e. The van der Waals surface area contributed by atoms with E-state index in [2.05, 4.69) is 49.1 Å². The van der Waals surface area contributed by atoms with Crippen molar-refractivity contribution >= 4 is 61.3 Å². The maximum absolute atomic E-state index is 13.9. The van der Waals surface area contributed by atoms with Crippen LogP contribution < -0.4 is 4.74 Å². The fraction of sp³-hybridized carbons (Fsp3) is 0.345. The molecule has 3 aromatic carbocycles. The number of fused-ring (bicyclic) bond motifs is 2. The third-order valence-corrected chi connectivity index (χ3v) is 8.84. The number of benzene rings is 3. The molecule has 190 valence electrons. The summed E-state index contributed by atoms with van der Waals surface area (Å²) >= 11 is 14.6. The van der Waals surface area contributed by atoms with E-state index in [0.717, 1.165) is 48.1 Å². The number of rotatable bonds is 11. The van der Waals surface area contributed by atoms with Gasteiger partial charge in [-0.05, 0) is 67.0 Å². The minimum atomic E-state index is -0.0627. The molecule has 0 N–H and O–H groups in total. The van der Waals surface area contributed by atoms with Gasteiger partial charge >= 0.3 is 0 Å². The van der Waals surface area contributed by atoms with E-state index < -0.39 is 0 Å². The molecule has 0 unspecified atom stereocenters. The molecule has 0 radical (unpaired) electrons. The Labute approximate surface area is 227 Å². The van der Waals surface area contributed by atoms with Crippen molar-refractivity contribution in [3.63, 3.8) is 0 Å². The quantitative estimate of drug-likeness (QED) is 0.179. The molecule has 7 heteroatoms. The summed E-state index contributed by atoms with van der Waals surface area (Å²) in [6, 6.07) is 18.3. The number of hydrogen-bond donors (Lipinski definition) is 0. The maximum Gasteiger partial charge on any atom is 0.265 e. The summed E-state index contributed by atoms with van der Waals surface area (Å²) in [6.45, 7) is 8.66. The molecule has 4 rings (SSSR count). The van der Waals surface area contributed by atoms with Crippen molar-refractivity contribution in [3.8, 4) is 5.75 Å². The number of carbonyl (C=O) groups is 1. The molecular formula is C29H32Cl2N2O2S. The fourth-order valence-electron chi connectivity index (χ4n) is 4.51. The molecule has 0 fully saturated rings. The van der Waals surface area contributed by atoms with E-state index in [1.165, 1.54) is 22.1 Å². The SMILES string of the molecule is CCN(CC)CCCCN(Cc1ccc2ccccc2c1)C(=O)c1sc2c(Cl)c(OC)ccc2c1Cl. The predicted molar refractivity (Wildman–Crippen MR) is 154 cm³/mol. The molecule has 0 atom stereocenters. The summed E-state index contributed by atoms with van der Waals surface area (Å²) in [5, 5.41) is 4.08. The van der Waals surface area contributed by atoms with E-state index in [0.29, 0.717) is 33.8 Å². The van der Waals surface area contributed by atoms with E-state index in [4.69, 9.17) is 27.9 Å². The average molecular weight is 544 g/mol. The van der Waals surface area contributed by atoms with Crippen LogP contribution in [0.1, 0.15) is 41.9 Å². The van der Waals surface area contributed by atoms with Crippen molar-refractivity contribution in [2.75, 3.05) is 33.3 Å². The van der Waals surface area contributed by atoms with E-state index >= 15 is 0 Å². The van der Waals surface area contributed by atoms with E-state index in [1.54, 1.807) is 13.2 Å². The number of methoxy groups -OCH3 is 1. The first kappa shape index (κ1) is 26.7. The minimum absolute atomic E-state index is 0.0627. The highest BCUT2D eigenvalue weighted by Crippen LogP contribution is 2.43. The smallest absolute Gasteiger partial charge is 0.265 e. The molecule has 36 heavy (non-hydrogen) atoms. The number of amides is 1. The molecule has 0 spiro atoms. The Morgan fingerprint density at radius 3 is 2.36 bits per heavy atom. The number of unbranched alkanes of at least 4 members (excludes halogenated alkanes) is 1. The van der Waals surface area contributed by atoms with E-state index in [9.17, 15) is 4.79 Å². The number of nitrogens with zero attached hydrogens (tertiary/aromatic N) is 2. The standard InChI is InChI=1S/C29H32Cl2N2O2S/c1-4-32(5-2)16-8-9-17-33(19-20-12-13-21-10-6-7-11-22(21)18-20)29(34)28-25(30)23-14-15-24(35-3)26(31)27(23)36-28/h6-7,10-15,18H,4-5,8-9,16-17,19H2,1-3H3. The average Bonchev–Trinajstić information content (AvgIpc) is 3.24. The normalized spacial score (nSPS) is 11.5. The Hall–Kier alpha value is -2.31. The minimum Gasteiger partial charge on any atom is -0.495 e. The van der Waals surface area contributed by atoms with Gasteiger partial charge in [-0.3, -0.25) is 4.79 Å². The molecule has 4 nitrogen and oxygen atoms in total. The van der Waals surface area contributed by atoms with Crippen LogP contribution in [-0.2, 0) is 6.54 Å². The van der Waals surface area contributed by atoms with Gasteiger partial charge in [-0.15, -0.1) is 11.3 Å². The van der Waals surface area contributed by atoms with Gasteiger partial charge in [-0.25, -0.2) is 0 Å². The molecule has 0 bridgehead atoms. The van der Waals surface area contributed by atoms with Crippen LogP contribution in [0.3, 0.4) is 0 Å². The lowest BCUT2D eigenvalue weighted by atomic mass is 10.1. The van der Waals surface area contributed by atoms with Crippen LogP contribution in [0.25, 0.3) is 20.9 Å². The Morgan fingerprint density at radius 2 is 1.64 bits per heavy atom. The summed E-state index contributed by atoms with van der Waals surface area (Å²) in [5.41, 5.74) is 1.10. The third-order valence-electron chi connectivity index (χ3n) is 6.64. The van der Waals surface area contributed by atoms with E-state index in [1.807, 2.05) is 23.1 Å². The first-order chi connectivity index (χ1) is 17.5. The second-order valence-electron chi connectivity index (χ2n) is 8.85. The highest BCUT2D eigenvalue weighted by molar-refractivity contribution is 7.22. The van der Waals surface area contributed by atoms with Gasteiger partial charge in [0, 0.05) is 18.5 Å². The Kier molecular flexibility index (Phi) is 9.13. The van der Waals surface area contributed by atoms with Crippen molar-refractivity contribution in [2.24, 2.45) is 0 Å². The summed E-state index contributed by atoms with van der Waals surface area (Å²) in [7, 11) is 1.58. The summed E-state index contributed by atoms with van der Waals surface area (Å²) in [4.78, 5) is 18.7. The molecule has 1 aromatic heterocycles. The van der Waals surface area contributed by atoms with Crippen LogP contribution >= 0.6 is 34.5 Å².